The molecule has 0 fully saturated rings. The molecule has 34 heavy (non-hydrogen) atoms. The van der Waals surface area contributed by atoms with Gasteiger partial charge in [0.25, 0.3) is 0 Å². The number of benzene rings is 3. The molecule has 7 heteroatoms. The van der Waals surface area contributed by atoms with E-state index < -0.39 is 0 Å². The van der Waals surface area contributed by atoms with Crippen LogP contribution in [0.25, 0.3) is 38.8 Å². The first kappa shape index (κ1) is 20.8. The summed E-state index contributed by atoms with van der Waals surface area (Å²) in [7, 11) is 0. The molecule has 164 valence electrons. The molecule has 0 aliphatic heterocycles. The van der Waals surface area contributed by atoms with E-state index >= 15 is 0 Å². The van der Waals surface area contributed by atoms with Gasteiger partial charge in [-0.05, 0) is 0 Å². The third kappa shape index (κ3) is 3.71. The second kappa shape index (κ2) is 8.56. The first-order chi connectivity index (χ1) is 16.7. The summed E-state index contributed by atoms with van der Waals surface area (Å²) >= 11 is 2.56. The average Bonchev–Trinajstić information content (AvgIpc) is 3.46. The van der Waals surface area contributed by atoms with E-state index in [2.05, 4.69) is 93.8 Å². The molecule has 2 radical (unpaired) electrons. The van der Waals surface area contributed by atoms with Crippen molar-refractivity contribution in [2.24, 2.45) is 5.73 Å². The van der Waals surface area contributed by atoms with Crippen molar-refractivity contribution >= 4 is 37.8 Å². The summed E-state index contributed by atoms with van der Waals surface area (Å²) in [5.41, 5.74) is 14.4. The molecule has 6 rings (SSSR count). The Balaban J connectivity index is 1.47. The van der Waals surface area contributed by atoms with E-state index in [0.717, 1.165) is 55.4 Å². The summed E-state index contributed by atoms with van der Waals surface area (Å²) in [4.78, 5) is 4.45. The first-order valence-electron chi connectivity index (χ1n) is 11.1. The Hall–Kier alpha value is -3.73. The van der Waals surface area contributed by atoms with Crippen LogP contribution in [-0.2, 0) is 13.1 Å². The van der Waals surface area contributed by atoms with Crippen molar-refractivity contribution in [1.29, 1.82) is 0 Å². The molecule has 0 unspecified atom stereocenters. The normalized spacial score (nSPS) is 11.5. The van der Waals surface area contributed by atoms with E-state index in [0.29, 0.717) is 6.54 Å². The molecular formula is C27H21AsN6. The number of nitrogens with zero attached hydrogens (tertiary/aromatic N) is 5. The molecule has 3 aromatic carbocycles. The number of fused-ring (bicyclic) bond motifs is 2. The minimum atomic E-state index is 0.497. The van der Waals surface area contributed by atoms with Gasteiger partial charge in [0, 0.05) is 0 Å². The topological polar surface area (TPSA) is 74.0 Å². The third-order valence-electron chi connectivity index (χ3n) is 6.05. The van der Waals surface area contributed by atoms with Gasteiger partial charge in [-0.3, -0.25) is 0 Å². The fourth-order valence-corrected chi connectivity index (χ4v) is 4.96. The predicted octanol–water partition coefficient (Wildman–Crippen LogP) is 3.71. The van der Waals surface area contributed by atoms with Crippen LogP contribution in [0, 0.1) is 0 Å². The number of hydrogen-bond acceptors (Lipinski definition) is 4. The molecule has 2 N–H and O–H groups in total. The molecule has 0 bridgehead atoms. The summed E-state index contributed by atoms with van der Waals surface area (Å²) in [5, 5.41) is 10.5. The molecule has 6 aromatic rings. The van der Waals surface area contributed by atoms with Crippen LogP contribution in [-0.4, -0.2) is 41.2 Å². The molecule has 6 nitrogen and oxygen atoms in total. The molecule has 0 atom stereocenters. The van der Waals surface area contributed by atoms with Crippen LogP contribution in [0.3, 0.4) is 0 Å². The van der Waals surface area contributed by atoms with Crippen LogP contribution in [0.1, 0.15) is 11.1 Å². The average molecular weight is 504 g/mol. The van der Waals surface area contributed by atoms with Crippen molar-refractivity contribution in [3.63, 3.8) is 0 Å². The van der Waals surface area contributed by atoms with Gasteiger partial charge in [0.2, 0.25) is 0 Å². The van der Waals surface area contributed by atoms with E-state index in [-0.39, 0.29) is 0 Å². The van der Waals surface area contributed by atoms with Gasteiger partial charge in [-0.2, -0.15) is 0 Å². The molecule has 0 aliphatic rings. The molecule has 0 saturated carbocycles. The molecule has 0 amide bonds. The SMILES string of the molecule is NCc1cccc(-c2cc(-c3ccc4cn(Cc5ccccc5)nc4c3)c3c([As])ncnn23)c1. The Labute approximate surface area is 205 Å². The summed E-state index contributed by atoms with van der Waals surface area (Å²) in [6, 6.07) is 27.3. The van der Waals surface area contributed by atoms with E-state index in [1.807, 2.05) is 27.4 Å². The zero-order valence-corrected chi connectivity index (χ0v) is 20.2. The predicted molar refractivity (Wildman–Crippen MR) is 136 cm³/mol. The Morgan fingerprint density at radius 3 is 2.56 bits per heavy atom. The van der Waals surface area contributed by atoms with Crippen LogP contribution in [0.15, 0.2) is 91.4 Å². The zero-order chi connectivity index (χ0) is 23.1. The maximum absolute atomic E-state index is 5.89. The quantitative estimate of drug-likeness (QED) is 0.364. The molecule has 3 aromatic heterocycles. The van der Waals surface area contributed by atoms with Gasteiger partial charge in [-0.25, -0.2) is 0 Å². The molecule has 0 aliphatic carbocycles. The Bertz CT molecular complexity index is 1630. The van der Waals surface area contributed by atoms with E-state index in [1.54, 1.807) is 6.33 Å². The third-order valence-corrected chi connectivity index (χ3v) is 6.73. The van der Waals surface area contributed by atoms with Gasteiger partial charge in [-0.15, -0.1) is 0 Å². The van der Waals surface area contributed by atoms with Gasteiger partial charge in [0.15, 0.2) is 0 Å². The maximum atomic E-state index is 5.89. The van der Waals surface area contributed by atoms with Crippen LogP contribution < -0.4 is 10.2 Å². The van der Waals surface area contributed by atoms with Crippen LogP contribution in [0.5, 0.6) is 0 Å². The summed E-state index contributed by atoms with van der Waals surface area (Å²) in [5.74, 6) is 0. The molecule has 0 spiro atoms. The second-order valence-corrected chi connectivity index (χ2v) is 9.17. The zero-order valence-electron chi connectivity index (χ0n) is 18.3. The van der Waals surface area contributed by atoms with Gasteiger partial charge < -0.3 is 0 Å². The fourth-order valence-electron chi connectivity index (χ4n) is 4.40. The number of nitrogens with two attached hydrogens (primary N) is 1. The van der Waals surface area contributed by atoms with Crippen LogP contribution in [0.4, 0.5) is 0 Å². The fraction of sp³-hybridized carbons (Fsp3) is 0.0741. The monoisotopic (exact) mass is 504 g/mol. The van der Waals surface area contributed by atoms with Crippen molar-refractivity contribution in [3.05, 3.63) is 103 Å². The Kier molecular flexibility index (Phi) is 5.25. The number of aromatic nitrogens is 5. The number of rotatable bonds is 5. The van der Waals surface area contributed by atoms with Crippen molar-refractivity contribution in [1.82, 2.24) is 24.4 Å². The first-order valence-corrected chi connectivity index (χ1v) is 12.0. The van der Waals surface area contributed by atoms with E-state index in [4.69, 9.17) is 10.8 Å². The summed E-state index contributed by atoms with van der Waals surface area (Å²) in [6.45, 7) is 1.24. The van der Waals surface area contributed by atoms with Crippen LogP contribution >= 0.6 is 0 Å². The molecule has 3 heterocycles. The summed E-state index contributed by atoms with van der Waals surface area (Å²) in [6.07, 6.45) is 3.69. The van der Waals surface area contributed by atoms with Crippen molar-refractivity contribution in [2.45, 2.75) is 13.1 Å². The van der Waals surface area contributed by atoms with Crippen molar-refractivity contribution < 1.29 is 0 Å². The summed E-state index contributed by atoms with van der Waals surface area (Å²) < 4.78 is 4.83. The van der Waals surface area contributed by atoms with Gasteiger partial charge in [0.05, 0.1) is 0 Å². The van der Waals surface area contributed by atoms with Crippen molar-refractivity contribution in [3.8, 4) is 22.4 Å². The number of hydrogen-bond donors (Lipinski definition) is 1. The second-order valence-electron chi connectivity index (χ2n) is 8.28. The van der Waals surface area contributed by atoms with E-state index in [9.17, 15) is 0 Å². The Morgan fingerprint density at radius 2 is 1.71 bits per heavy atom. The van der Waals surface area contributed by atoms with Crippen molar-refractivity contribution in [2.75, 3.05) is 0 Å². The molecular weight excluding hydrogens is 483 g/mol. The molecule has 0 saturated heterocycles. The van der Waals surface area contributed by atoms with Gasteiger partial charge in [-0.1, -0.05) is 6.07 Å². The Morgan fingerprint density at radius 1 is 0.853 bits per heavy atom. The van der Waals surface area contributed by atoms with Crippen LogP contribution in [0.2, 0.25) is 0 Å². The minimum absolute atomic E-state index is 0.497. The van der Waals surface area contributed by atoms with E-state index in [1.165, 1.54) is 5.56 Å². The standard InChI is InChI=1S/C27H21AsN6/c28-27-26-23(13-25(34(26)31-17-30-27)21-8-4-7-19(11-21)14-29)20-9-10-22-16-33(32-24(22)12-20)15-18-5-2-1-3-6-18/h1-13,16-17H,14-15,29H2. The van der Waals surface area contributed by atoms with Gasteiger partial charge in [0.1, 0.15) is 0 Å². The van der Waals surface area contributed by atoms with Gasteiger partial charge >= 0.3 is 200 Å².